The number of amides is 1. The number of hydrogen-bond donors (Lipinski definition) is 1. The van der Waals surface area contributed by atoms with Crippen molar-refractivity contribution < 1.29 is 23.8 Å². The molecule has 2 rings (SSSR count). The zero-order valence-electron chi connectivity index (χ0n) is 14.6. The van der Waals surface area contributed by atoms with Crippen LogP contribution in [0.4, 0.5) is 5.00 Å². The SMILES string of the molecule is CCOc1cc(C(=O)O[C@@H](C)C(=O)Nc2sccc2C#N)ccc1OC. The topological polar surface area (TPSA) is 97.6 Å². The lowest BCUT2D eigenvalue weighted by atomic mass is 10.2. The molecule has 2 aromatic rings. The van der Waals surface area contributed by atoms with Crippen LogP contribution in [-0.2, 0) is 9.53 Å². The molecule has 1 atom stereocenters. The zero-order valence-corrected chi connectivity index (χ0v) is 15.4. The van der Waals surface area contributed by atoms with Crippen molar-refractivity contribution in [3.8, 4) is 17.6 Å². The number of esters is 1. The average Bonchev–Trinajstić information content (AvgIpc) is 3.08. The first-order valence-electron chi connectivity index (χ1n) is 7.80. The summed E-state index contributed by atoms with van der Waals surface area (Å²) in [5.74, 6) is -0.270. The molecule has 7 nitrogen and oxygen atoms in total. The van der Waals surface area contributed by atoms with Crippen LogP contribution in [-0.4, -0.2) is 31.7 Å². The Kier molecular flexibility index (Phi) is 6.58. The van der Waals surface area contributed by atoms with Gasteiger partial charge in [-0.1, -0.05) is 0 Å². The molecule has 0 aliphatic heterocycles. The van der Waals surface area contributed by atoms with Crippen molar-refractivity contribution >= 4 is 28.2 Å². The van der Waals surface area contributed by atoms with Crippen molar-refractivity contribution in [3.05, 3.63) is 40.8 Å². The van der Waals surface area contributed by atoms with E-state index in [1.807, 2.05) is 13.0 Å². The van der Waals surface area contributed by atoms with E-state index in [0.717, 1.165) is 0 Å². The monoisotopic (exact) mass is 374 g/mol. The van der Waals surface area contributed by atoms with Crippen LogP contribution < -0.4 is 14.8 Å². The van der Waals surface area contributed by atoms with E-state index in [1.165, 1.54) is 37.5 Å². The van der Waals surface area contributed by atoms with Gasteiger partial charge >= 0.3 is 5.97 Å². The third kappa shape index (κ3) is 4.52. The molecule has 0 spiro atoms. The number of hydrogen-bond acceptors (Lipinski definition) is 7. The van der Waals surface area contributed by atoms with E-state index in [2.05, 4.69) is 5.32 Å². The number of ether oxygens (including phenoxy) is 3. The minimum Gasteiger partial charge on any atom is -0.493 e. The highest BCUT2D eigenvalue weighted by Gasteiger charge is 2.21. The summed E-state index contributed by atoms with van der Waals surface area (Å²) in [6, 6.07) is 8.20. The largest absolute Gasteiger partial charge is 0.493 e. The molecule has 1 amide bonds. The molecule has 0 unspecified atom stereocenters. The Morgan fingerprint density at radius 1 is 1.31 bits per heavy atom. The van der Waals surface area contributed by atoms with Gasteiger partial charge in [0, 0.05) is 0 Å². The standard InChI is InChI=1S/C18H18N2O5S/c1-4-24-15-9-12(5-6-14(15)23-3)18(22)25-11(2)16(21)20-17-13(10-19)7-8-26-17/h5-9,11H,4H2,1-3H3,(H,20,21)/t11-/m0/s1. The first-order valence-corrected chi connectivity index (χ1v) is 8.68. The zero-order chi connectivity index (χ0) is 19.1. The highest BCUT2D eigenvalue weighted by atomic mass is 32.1. The normalized spacial score (nSPS) is 11.2. The Labute approximate surface area is 155 Å². The number of rotatable bonds is 7. The molecule has 0 fully saturated rings. The third-order valence-corrected chi connectivity index (χ3v) is 4.20. The molecule has 1 aromatic carbocycles. The molecular weight excluding hydrogens is 356 g/mol. The van der Waals surface area contributed by atoms with Gasteiger partial charge in [-0.15, -0.1) is 11.3 Å². The molecule has 1 aromatic heterocycles. The molecule has 1 heterocycles. The van der Waals surface area contributed by atoms with E-state index in [9.17, 15) is 9.59 Å². The number of anilines is 1. The number of carbonyl (C=O) groups is 2. The van der Waals surface area contributed by atoms with Crippen LogP contribution in [0.25, 0.3) is 0 Å². The smallest absolute Gasteiger partial charge is 0.339 e. The summed E-state index contributed by atoms with van der Waals surface area (Å²) in [4.78, 5) is 24.5. The van der Waals surface area contributed by atoms with Gasteiger partial charge in [-0.2, -0.15) is 5.26 Å². The summed E-state index contributed by atoms with van der Waals surface area (Å²) >= 11 is 1.22. The molecule has 136 valence electrons. The summed E-state index contributed by atoms with van der Waals surface area (Å²) < 4.78 is 15.8. The second-order valence-electron chi connectivity index (χ2n) is 5.11. The van der Waals surface area contributed by atoms with Crippen LogP contribution in [0, 0.1) is 11.3 Å². The van der Waals surface area contributed by atoms with Gasteiger partial charge < -0.3 is 19.5 Å². The van der Waals surface area contributed by atoms with Crippen molar-refractivity contribution in [1.82, 2.24) is 0 Å². The van der Waals surface area contributed by atoms with Crippen LogP contribution in [0.15, 0.2) is 29.6 Å². The predicted octanol–water partition coefficient (Wildman–Crippen LogP) is 3.21. The van der Waals surface area contributed by atoms with Crippen molar-refractivity contribution in [1.29, 1.82) is 5.26 Å². The molecule has 0 saturated heterocycles. The minimum absolute atomic E-state index is 0.239. The highest BCUT2D eigenvalue weighted by Crippen LogP contribution is 2.28. The number of nitrogens with zero attached hydrogens (tertiary/aromatic N) is 1. The van der Waals surface area contributed by atoms with Crippen LogP contribution >= 0.6 is 11.3 Å². The molecule has 0 radical (unpaired) electrons. The van der Waals surface area contributed by atoms with Crippen LogP contribution in [0.5, 0.6) is 11.5 Å². The predicted molar refractivity (Wildman–Crippen MR) is 96.7 cm³/mol. The fourth-order valence-corrected chi connectivity index (χ4v) is 2.80. The lowest BCUT2D eigenvalue weighted by molar-refractivity contribution is -0.123. The van der Waals surface area contributed by atoms with Crippen LogP contribution in [0.2, 0.25) is 0 Å². The molecule has 0 saturated carbocycles. The fraction of sp³-hybridized carbons (Fsp3) is 0.278. The number of benzene rings is 1. The third-order valence-electron chi connectivity index (χ3n) is 3.37. The summed E-state index contributed by atoms with van der Waals surface area (Å²) in [6.45, 7) is 3.69. The fourth-order valence-electron chi connectivity index (χ4n) is 2.06. The number of nitrogens with one attached hydrogen (secondary N) is 1. The number of carbonyl (C=O) groups excluding carboxylic acids is 2. The maximum Gasteiger partial charge on any atom is 0.339 e. The van der Waals surface area contributed by atoms with E-state index < -0.39 is 18.0 Å². The lowest BCUT2D eigenvalue weighted by Gasteiger charge is -2.14. The van der Waals surface area contributed by atoms with Gasteiger partial charge in [-0.25, -0.2) is 4.79 Å². The first kappa shape index (κ1) is 19.3. The number of thiophene rings is 1. The van der Waals surface area contributed by atoms with Crippen molar-refractivity contribution in [3.63, 3.8) is 0 Å². The second-order valence-corrected chi connectivity index (χ2v) is 6.03. The quantitative estimate of drug-likeness (QED) is 0.748. The van der Waals surface area contributed by atoms with Crippen LogP contribution in [0.1, 0.15) is 29.8 Å². The maximum atomic E-state index is 12.3. The highest BCUT2D eigenvalue weighted by molar-refractivity contribution is 7.14. The van der Waals surface area contributed by atoms with Crippen molar-refractivity contribution in [2.24, 2.45) is 0 Å². The molecule has 26 heavy (non-hydrogen) atoms. The first-order chi connectivity index (χ1) is 12.5. The molecule has 0 bridgehead atoms. The van der Waals surface area contributed by atoms with E-state index in [0.29, 0.717) is 28.7 Å². The van der Waals surface area contributed by atoms with Gasteiger partial charge in [0.1, 0.15) is 11.1 Å². The molecule has 0 aliphatic rings. The van der Waals surface area contributed by atoms with E-state index >= 15 is 0 Å². The summed E-state index contributed by atoms with van der Waals surface area (Å²) in [5, 5.41) is 13.7. The Morgan fingerprint density at radius 3 is 2.73 bits per heavy atom. The van der Waals surface area contributed by atoms with E-state index in [1.54, 1.807) is 17.5 Å². The van der Waals surface area contributed by atoms with Gasteiger partial charge in [0.15, 0.2) is 17.6 Å². The number of methoxy groups -OCH3 is 1. The van der Waals surface area contributed by atoms with Gasteiger partial charge in [0.25, 0.3) is 5.91 Å². The summed E-state index contributed by atoms with van der Waals surface area (Å²) in [5.41, 5.74) is 0.598. The van der Waals surface area contributed by atoms with Crippen LogP contribution in [0.3, 0.4) is 0 Å². The lowest BCUT2D eigenvalue weighted by Crippen LogP contribution is -2.29. The van der Waals surface area contributed by atoms with Crippen molar-refractivity contribution in [2.45, 2.75) is 20.0 Å². The molecular formula is C18H18N2O5S. The summed E-state index contributed by atoms with van der Waals surface area (Å²) in [6.07, 6.45) is -1.03. The van der Waals surface area contributed by atoms with E-state index in [4.69, 9.17) is 19.5 Å². The van der Waals surface area contributed by atoms with Gasteiger partial charge in [0.05, 0.1) is 24.8 Å². The van der Waals surface area contributed by atoms with Gasteiger partial charge in [-0.05, 0) is 43.5 Å². The number of nitriles is 1. The summed E-state index contributed by atoms with van der Waals surface area (Å²) in [7, 11) is 1.50. The maximum absolute atomic E-state index is 12.3. The second kappa shape index (κ2) is 8.87. The average molecular weight is 374 g/mol. The van der Waals surface area contributed by atoms with E-state index in [-0.39, 0.29) is 5.56 Å². The Morgan fingerprint density at radius 2 is 2.08 bits per heavy atom. The Balaban J connectivity index is 2.05. The van der Waals surface area contributed by atoms with Gasteiger partial charge in [0.2, 0.25) is 0 Å². The molecule has 0 aliphatic carbocycles. The van der Waals surface area contributed by atoms with Gasteiger partial charge in [-0.3, -0.25) is 4.79 Å². The molecule has 8 heteroatoms. The van der Waals surface area contributed by atoms with Crippen molar-refractivity contribution in [2.75, 3.05) is 19.0 Å². The Bertz CT molecular complexity index is 840. The minimum atomic E-state index is -1.03. The molecule has 1 N–H and O–H groups in total. The Hall–Kier alpha value is -3.05.